The van der Waals surface area contributed by atoms with Crippen LogP contribution in [-0.2, 0) is 16.1 Å². The summed E-state index contributed by atoms with van der Waals surface area (Å²) >= 11 is 0. The number of nitrogens with one attached hydrogen (secondary N) is 1. The van der Waals surface area contributed by atoms with Crippen molar-refractivity contribution in [2.75, 3.05) is 18.4 Å². The minimum Gasteiger partial charge on any atom is -0.340 e. The Balaban J connectivity index is 1.57. The molecule has 0 unspecified atom stereocenters. The van der Waals surface area contributed by atoms with Gasteiger partial charge in [-0.25, -0.2) is 9.67 Å². The first-order valence-corrected chi connectivity index (χ1v) is 7.84. The van der Waals surface area contributed by atoms with Gasteiger partial charge in [0.05, 0.1) is 5.92 Å². The molecule has 1 aliphatic rings. The van der Waals surface area contributed by atoms with Gasteiger partial charge in [-0.15, -0.1) is 5.10 Å². The largest absolute Gasteiger partial charge is 0.340 e. The van der Waals surface area contributed by atoms with Crippen molar-refractivity contribution in [1.29, 1.82) is 0 Å². The van der Waals surface area contributed by atoms with Gasteiger partial charge in [-0.1, -0.05) is 6.07 Å². The fraction of sp³-hybridized carbons (Fsp3) is 0.467. The summed E-state index contributed by atoms with van der Waals surface area (Å²) in [5.74, 6) is 0.0990. The van der Waals surface area contributed by atoms with Crippen LogP contribution in [0.2, 0.25) is 0 Å². The molecule has 1 atom stereocenters. The summed E-state index contributed by atoms with van der Waals surface area (Å²) in [6, 6.07) is 3.67. The van der Waals surface area contributed by atoms with Crippen molar-refractivity contribution in [3.63, 3.8) is 0 Å². The van der Waals surface area contributed by atoms with Crippen LogP contribution in [0, 0.1) is 12.8 Å². The molecule has 9 heteroatoms. The average molecular weight is 329 g/mol. The van der Waals surface area contributed by atoms with Crippen LogP contribution in [0.4, 0.5) is 5.82 Å². The number of carbonyl (C=O) groups is 2. The van der Waals surface area contributed by atoms with Gasteiger partial charge >= 0.3 is 0 Å². The first-order valence-electron chi connectivity index (χ1n) is 7.84. The Morgan fingerprint density at radius 2 is 2.25 bits per heavy atom. The van der Waals surface area contributed by atoms with Crippen LogP contribution < -0.4 is 5.32 Å². The Morgan fingerprint density at radius 3 is 2.96 bits per heavy atom. The van der Waals surface area contributed by atoms with Crippen LogP contribution in [-0.4, -0.2) is 55.0 Å². The lowest BCUT2D eigenvalue weighted by atomic mass is 9.97. The Kier molecular flexibility index (Phi) is 4.78. The standard InChI is InChI=1S/C15H19N7O2/c1-11-4-5-13(16-7-11)18-15(24)12-3-2-6-21(8-12)14(23)9-22-10-17-19-20-22/h4-5,7,10,12H,2-3,6,8-9H2,1H3,(H,16,18,24)/t12-/m0/s1. The van der Waals surface area contributed by atoms with E-state index in [4.69, 9.17) is 0 Å². The van der Waals surface area contributed by atoms with E-state index in [1.807, 2.05) is 13.0 Å². The molecule has 2 amide bonds. The number of hydrogen-bond donors (Lipinski definition) is 1. The van der Waals surface area contributed by atoms with E-state index in [2.05, 4.69) is 25.8 Å². The molecule has 9 nitrogen and oxygen atoms in total. The van der Waals surface area contributed by atoms with Gasteiger partial charge in [0, 0.05) is 19.3 Å². The van der Waals surface area contributed by atoms with Crippen LogP contribution >= 0.6 is 0 Å². The second-order valence-electron chi connectivity index (χ2n) is 5.90. The summed E-state index contributed by atoms with van der Waals surface area (Å²) < 4.78 is 1.38. The quantitative estimate of drug-likeness (QED) is 0.862. The average Bonchev–Trinajstić information content (AvgIpc) is 3.10. The molecule has 0 bridgehead atoms. The van der Waals surface area contributed by atoms with Crippen LogP contribution in [0.25, 0.3) is 0 Å². The monoisotopic (exact) mass is 329 g/mol. The smallest absolute Gasteiger partial charge is 0.244 e. The maximum atomic E-state index is 12.4. The maximum Gasteiger partial charge on any atom is 0.244 e. The Morgan fingerprint density at radius 1 is 1.38 bits per heavy atom. The molecule has 0 spiro atoms. The third-order valence-electron chi connectivity index (χ3n) is 4.00. The molecule has 0 radical (unpaired) electrons. The van der Waals surface area contributed by atoms with E-state index in [0.717, 1.165) is 18.4 Å². The summed E-state index contributed by atoms with van der Waals surface area (Å²) in [6.07, 6.45) is 4.65. The fourth-order valence-electron chi connectivity index (χ4n) is 2.68. The van der Waals surface area contributed by atoms with E-state index in [1.54, 1.807) is 17.2 Å². The normalized spacial score (nSPS) is 17.5. The first-order chi connectivity index (χ1) is 11.6. The number of aryl methyl sites for hydroxylation is 1. The Hall–Kier alpha value is -2.84. The number of aromatic nitrogens is 5. The number of anilines is 1. The number of nitrogens with zero attached hydrogens (tertiary/aromatic N) is 6. The van der Waals surface area contributed by atoms with Crippen LogP contribution in [0.3, 0.4) is 0 Å². The van der Waals surface area contributed by atoms with Gasteiger partial charge in [0.1, 0.15) is 18.7 Å². The van der Waals surface area contributed by atoms with Gasteiger partial charge in [0.2, 0.25) is 11.8 Å². The molecule has 0 saturated carbocycles. The van der Waals surface area contributed by atoms with Crippen molar-refractivity contribution in [2.45, 2.75) is 26.3 Å². The van der Waals surface area contributed by atoms with Crippen molar-refractivity contribution >= 4 is 17.6 Å². The van der Waals surface area contributed by atoms with E-state index in [9.17, 15) is 9.59 Å². The van der Waals surface area contributed by atoms with E-state index in [0.29, 0.717) is 18.9 Å². The molecule has 0 aliphatic carbocycles. The number of amides is 2. The molecule has 1 saturated heterocycles. The first kappa shape index (κ1) is 16.0. The number of likely N-dealkylation sites (tertiary alicyclic amines) is 1. The van der Waals surface area contributed by atoms with Gasteiger partial charge in [-0.2, -0.15) is 0 Å². The predicted molar refractivity (Wildman–Crippen MR) is 84.7 cm³/mol. The van der Waals surface area contributed by atoms with Crippen molar-refractivity contribution in [2.24, 2.45) is 5.92 Å². The molecule has 2 aromatic heterocycles. The summed E-state index contributed by atoms with van der Waals surface area (Å²) in [5.41, 5.74) is 1.03. The number of carbonyl (C=O) groups excluding carboxylic acids is 2. The van der Waals surface area contributed by atoms with Gasteiger partial charge < -0.3 is 10.2 Å². The topological polar surface area (TPSA) is 106 Å². The maximum absolute atomic E-state index is 12.4. The Labute approximate surface area is 139 Å². The molecule has 1 N–H and O–H groups in total. The number of piperidine rings is 1. The van der Waals surface area contributed by atoms with E-state index in [1.165, 1.54) is 11.0 Å². The van der Waals surface area contributed by atoms with Crippen molar-refractivity contribution in [1.82, 2.24) is 30.1 Å². The minimum atomic E-state index is -0.236. The summed E-state index contributed by atoms with van der Waals surface area (Å²) in [7, 11) is 0. The highest BCUT2D eigenvalue weighted by molar-refractivity contribution is 5.92. The van der Waals surface area contributed by atoms with Gasteiger partial charge in [-0.05, 0) is 41.8 Å². The summed E-state index contributed by atoms with van der Waals surface area (Å²) in [5, 5.41) is 13.5. The molecule has 1 aliphatic heterocycles. The molecule has 1 fully saturated rings. The Bertz CT molecular complexity index is 699. The van der Waals surface area contributed by atoms with Crippen LogP contribution in [0.5, 0.6) is 0 Å². The fourth-order valence-corrected chi connectivity index (χ4v) is 2.68. The van der Waals surface area contributed by atoms with Gasteiger partial charge in [-0.3, -0.25) is 9.59 Å². The minimum absolute atomic E-state index is 0.0842. The van der Waals surface area contributed by atoms with E-state index >= 15 is 0 Å². The second kappa shape index (κ2) is 7.16. The van der Waals surface area contributed by atoms with Crippen LogP contribution in [0.1, 0.15) is 18.4 Å². The van der Waals surface area contributed by atoms with E-state index in [-0.39, 0.29) is 24.3 Å². The molecule has 24 heavy (non-hydrogen) atoms. The molecule has 3 heterocycles. The number of pyridine rings is 1. The third kappa shape index (κ3) is 3.92. The molecule has 0 aromatic carbocycles. The zero-order valence-corrected chi connectivity index (χ0v) is 13.4. The highest BCUT2D eigenvalue weighted by Crippen LogP contribution is 2.18. The highest BCUT2D eigenvalue weighted by atomic mass is 16.2. The highest BCUT2D eigenvalue weighted by Gasteiger charge is 2.28. The number of hydrogen-bond acceptors (Lipinski definition) is 6. The summed E-state index contributed by atoms with van der Waals surface area (Å²) in [4.78, 5) is 30.6. The molecular weight excluding hydrogens is 310 g/mol. The molecule has 3 rings (SSSR count). The lowest BCUT2D eigenvalue weighted by molar-refractivity contribution is -0.135. The molecule has 126 valence electrons. The lowest BCUT2D eigenvalue weighted by Gasteiger charge is -2.31. The zero-order valence-electron chi connectivity index (χ0n) is 13.4. The van der Waals surface area contributed by atoms with Crippen molar-refractivity contribution in [3.8, 4) is 0 Å². The predicted octanol–water partition coefficient (Wildman–Crippen LogP) is 0.254. The number of tetrazole rings is 1. The lowest BCUT2D eigenvalue weighted by Crippen LogP contribution is -2.45. The zero-order chi connectivity index (χ0) is 16.9. The molecule has 2 aromatic rings. The SMILES string of the molecule is Cc1ccc(NC(=O)[C@H]2CCCN(C(=O)Cn3cnnn3)C2)nc1. The van der Waals surface area contributed by atoms with Crippen molar-refractivity contribution in [3.05, 3.63) is 30.2 Å². The third-order valence-corrected chi connectivity index (χ3v) is 4.00. The second-order valence-corrected chi connectivity index (χ2v) is 5.90. The number of rotatable bonds is 4. The van der Waals surface area contributed by atoms with Crippen molar-refractivity contribution < 1.29 is 9.59 Å². The van der Waals surface area contributed by atoms with Gasteiger partial charge in [0.15, 0.2) is 0 Å². The van der Waals surface area contributed by atoms with Crippen LogP contribution in [0.15, 0.2) is 24.7 Å². The molecular formula is C15H19N7O2. The summed E-state index contributed by atoms with van der Waals surface area (Å²) in [6.45, 7) is 3.07. The van der Waals surface area contributed by atoms with Gasteiger partial charge in [0.25, 0.3) is 0 Å². The van der Waals surface area contributed by atoms with E-state index < -0.39 is 0 Å².